The van der Waals surface area contributed by atoms with Gasteiger partial charge in [0, 0.05) is 23.8 Å². The van der Waals surface area contributed by atoms with Crippen molar-refractivity contribution in [2.75, 3.05) is 0 Å². The molecule has 2 nitrogen and oxygen atoms in total. The van der Waals surface area contributed by atoms with Crippen LogP contribution in [0.1, 0.15) is 11.1 Å². The van der Waals surface area contributed by atoms with Crippen LogP contribution in [-0.4, -0.2) is 10.5 Å². The monoisotopic (exact) mass is 325 g/mol. The summed E-state index contributed by atoms with van der Waals surface area (Å²) in [5.74, 6) is 0. The van der Waals surface area contributed by atoms with Crippen LogP contribution in [0.5, 0.6) is 0 Å². The van der Waals surface area contributed by atoms with E-state index >= 15 is 0 Å². The van der Waals surface area contributed by atoms with E-state index in [-0.39, 0.29) is 0 Å². The third-order valence-corrected chi connectivity index (χ3v) is 3.73. The summed E-state index contributed by atoms with van der Waals surface area (Å²) in [5, 5.41) is 12.8. The summed E-state index contributed by atoms with van der Waals surface area (Å²) in [7, 11) is 0. The van der Waals surface area contributed by atoms with Gasteiger partial charge in [0.2, 0.25) is 11.4 Å². The van der Waals surface area contributed by atoms with Gasteiger partial charge in [-0.15, -0.1) is 0 Å². The SMILES string of the molecule is [O-]/[N+](=C(/C=C/C=C/c1ccccc1)c1ccccc1)c1ccccc1. The van der Waals surface area contributed by atoms with Crippen LogP contribution in [0, 0.1) is 5.21 Å². The second kappa shape index (κ2) is 8.46. The molecule has 2 heteroatoms. The molecule has 0 radical (unpaired) electrons. The van der Waals surface area contributed by atoms with Gasteiger partial charge in [-0.1, -0.05) is 85.0 Å². The second-order valence-corrected chi connectivity index (χ2v) is 5.51. The van der Waals surface area contributed by atoms with Crippen LogP contribution in [0.15, 0.2) is 109 Å². The van der Waals surface area contributed by atoms with Crippen LogP contribution in [0.4, 0.5) is 5.69 Å². The lowest BCUT2D eigenvalue weighted by Gasteiger charge is -2.08. The summed E-state index contributed by atoms with van der Waals surface area (Å²) in [6, 6.07) is 29.0. The Kier molecular flexibility index (Phi) is 5.57. The molecule has 0 heterocycles. The lowest BCUT2D eigenvalue weighted by molar-refractivity contribution is -0.359. The molecule has 0 spiro atoms. The van der Waals surface area contributed by atoms with Crippen LogP contribution < -0.4 is 0 Å². The first-order valence-electron chi connectivity index (χ1n) is 8.19. The zero-order chi connectivity index (χ0) is 17.3. The minimum Gasteiger partial charge on any atom is -0.618 e. The van der Waals surface area contributed by atoms with Crippen LogP contribution >= 0.6 is 0 Å². The third kappa shape index (κ3) is 4.55. The zero-order valence-electron chi connectivity index (χ0n) is 13.8. The highest BCUT2D eigenvalue weighted by Crippen LogP contribution is 2.13. The summed E-state index contributed by atoms with van der Waals surface area (Å²) >= 11 is 0. The Bertz CT molecular complexity index is 879. The largest absolute Gasteiger partial charge is 0.618 e. The lowest BCUT2D eigenvalue weighted by atomic mass is 10.1. The molecule has 3 aromatic rings. The molecule has 0 N–H and O–H groups in total. The number of hydrogen-bond acceptors (Lipinski definition) is 1. The van der Waals surface area contributed by atoms with Gasteiger partial charge in [-0.25, -0.2) is 0 Å². The molecule has 0 saturated heterocycles. The Labute approximate surface area is 148 Å². The predicted octanol–water partition coefficient (Wildman–Crippen LogP) is 5.59. The van der Waals surface area contributed by atoms with Gasteiger partial charge in [0.05, 0.1) is 0 Å². The van der Waals surface area contributed by atoms with Crippen molar-refractivity contribution in [1.29, 1.82) is 0 Å². The van der Waals surface area contributed by atoms with Crippen LogP contribution in [0.2, 0.25) is 0 Å². The number of nitrogens with zero attached hydrogens (tertiary/aromatic N) is 1. The Morgan fingerprint density at radius 2 is 1.24 bits per heavy atom. The molecule has 0 aromatic heterocycles. The topological polar surface area (TPSA) is 26.1 Å². The van der Waals surface area contributed by atoms with Gasteiger partial charge in [0.25, 0.3) is 0 Å². The molecule has 0 aliphatic heterocycles. The maximum Gasteiger partial charge on any atom is 0.224 e. The molecule has 0 aliphatic carbocycles. The van der Waals surface area contributed by atoms with Crippen LogP contribution in [0.3, 0.4) is 0 Å². The summed E-state index contributed by atoms with van der Waals surface area (Å²) in [4.78, 5) is 0. The number of para-hydroxylation sites is 1. The average molecular weight is 325 g/mol. The Morgan fingerprint density at radius 3 is 1.88 bits per heavy atom. The standard InChI is InChI=1S/C23H19NO/c25-24(22-17-8-3-9-18-22)23(21-15-6-2-7-16-21)19-11-10-14-20-12-4-1-5-13-20/h1-19H/b14-10+,19-11+,24-23-. The van der Waals surface area contributed by atoms with Gasteiger partial charge in [-0.3, -0.25) is 0 Å². The highest BCUT2D eigenvalue weighted by Gasteiger charge is 2.11. The molecule has 0 fully saturated rings. The molecule has 0 atom stereocenters. The normalized spacial score (nSPS) is 12.5. The predicted molar refractivity (Wildman–Crippen MR) is 105 cm³/mol. The average Bonchev–Trinajstić information content (AvgIpc) is 2.70. The lowest BCUT2D eigenvalue weighted by Crippen LogP contribution is -2.10. The van der Waals surface area contributed by atoms with Gasteiger partial charge in [-0.05, 0) is 17.7 Å². The fraction of sp³-hybridized carbons (Fsp3) is 0. The maximum absolute atomic E-state index is 12.8. The Balaban J connectivity index is 1.92. The highest BCUT2D eigenvalue weighted by molar-refractivity contribution is 6.06. The van der Waals surface area contributed by atoms with Gasteiger partial charge >= 0.3 is 0 Å². The molecule has 0 amide bonds. The van der Waals surface area contributed by atoms with Crippen molar-refractivity contribution in [1.82, 2.24) is 0 Å². The minimum atomic E-state index is 0.601. The smallest absolute Gasteiger partial charge is 0.224 e. The summed E-state index contributed by atoms with van der Waals surface area (Å²) in [6.07, 6.45) is 7.69. The fourth-order valence-electron chi connectivity index (χ4n) is 2.47. The summed E-state index contributed by atoms with van der Waals surface area (Å²) < 4.78 is 0.961. The highest BCUT2D eigenvalue weighted by atomic mass is 16.5. The Hall–Kier alpha value is -3.39. The quantitative estimate of drug-likeness (QED) is 0.197. The van der Waals surface area contributed by atoms with Crippen molar-refractivity contribution in [2.24, 2.45) is 0 Å². The van der Waals surface area contributed by atoms with Crippen LogP contribution in [0.25, 0.3) is 6.08 Å². The van der Waals surface area contributed by atoms with E-state index in [1.807, 2.05) is 115 Å². The molecule has 0 saturated carbocycles. The van der Waals surface area contributed by atoms with Crippen molar-refractivity contribution in [3.05, 3.63) is 126 Å². The molecule has 122 valence electrons. The molecule has 0 unspecified atom stereocenters. The first-order chi connectivity index (χ1) is 12.3. The first-order valence-corrected chi connectivity index (χ1v) is 8.19. The number of hydrogen-bond donors (Lipinski definition) is 0. The minimum absolute atomic E-state index is 0.601. The second-order valence-electron chi connectivity index (χ2n) is 5.51. The number of allylic oxidation sites excluding steroid dienone is 3. The molecule has 0 bridgehead atoms. The number of rotatable bonds is 5. The van der Waals surface area contributed by atoms with Crippen LogP contribution in [-0.2, 0) is 0 Å². The molecule has 25 heavy (non-hydrogen) atoms. The van der Waals surface area contributed by atoms with E-state index in [1.165, 1.54) is 0 Å². The maximum atomic E-state index is 12.8. The number of benzene rings is 3. The van der Waals surface area contributed by atoms with Crippen molar-refractivity contribution in [3.63, 3.8) is 0 Å². The Morgan fingerprint density at radius 1 is 0.680 bits per heavy atom. The van der Waals surface area contributed by atoms with E-state index in [2.05, 4.69) is 0 Å². The van der Waals surface area contributed by atoms with Gasteiger partial charge in [-0.2, -0.15) is 4.74 Å². The van der Waals surface area contributed by atoms with E-state index in [9.17, 15) is 5.21 Å². The van der Waals surface area contributed by atoms with E-state index in [0.717, 1.165) is 15.9 Å². The van der Waals surface area contributed by atoms with Gasteiger partial charge < -0.3 is 5.21 Å². The third-order valence-electron chi connectivity index (χ3n) is 3.73. The first kappa shape index (κ1) is 16.5. The van der Waals surface area contributed by atoms with Crippen molar-refractivity contribution in [2.45, 2.75) is 0 Å². The van der Waals surface area contributed by atoms with Crippen molar-refractivity contribution >= 4 is 17.5 Å². The van der Waals surface area contributed by atoms with E-state index in [4.69, 9.17) is 0 Å². The van der Waals surface area contributed by atoms with Crippen molar-refractivity contribution in [3.8, 4) is 0 Å². The molecular weight excluding hydrogens is 306 g/mol. The van der Waals surface area contributed by atoms with Gasteiger partial charge in [0.15, 0.2) is 0 Å². The zero-order valence-corrected chi connectivity index (χ0v) is 13.8. The van der Waals surface area contributed by atoms with E-state index in [0.29, 0.717) is 11.4 Å². The molecule has 0 aliphatic rings. The summed E-state index contributed by atoms with van der Waals surface area (Å²) in [6.45, 7) is 0. The molecule has 3 rings (SSSR count). The van der Waals surface area contributed by atoms with Gasteiger partial charge in [0.1, 0.15) is 0 Å². The molecule has 3 aromatic carbocycles. The van der Waals surface area contributed by atoms with E-state index < -0.39 is 0 Å². The molecular formula is C23H19NO. The van der Waals surface area contributed by atoms with E-state index in [1.54, 1.807) is 0 Å². The van der Waals surface area contributed by atoms with Crippen molar-refractivity contribution < 1.29 is 4.74 Å². The fourth-order valence-corrected chi connectivity index (χ4v) is 2.47. The summed E-state index contributed by atoms with van der Waals surface area (Å²) in [5.41, 5.74) is 3.21.